The van der Waals surface area contributed by atoms with Crippen molar-refractivity contribution in [1.82, 2.24) is 4.90 Å². The van der Waals surface area contributed by atoms with Gasteiger partial charge < -0.3 is 4.74 Å². The van der Waals surface area contributed by atoms with E-state index in [0.717, 1.165) is 18.6 Å². The molecular formula is C11H14LiNO. The molecule has 0 N–H and O–H groups in total. The minimum absolute atomic E-state index is 0. The quantitative estimate of drug-likeness (QED) is 0.279. The van der Waals surface area contributed by atoms with Gasteiger partial charge in [-0.05, 0) is 0 Å². The second kappa shape index (κ2) is 5.58. The second-order valence-corrected chi connectivity index (χ2v) is 3.26. The standard InChI is InChI=1S/C7H7.C4H7NO.Li/c1-2-7-5-3-4-6-7;1-2-6-4-3-5(1)4;/h2-3,5H,1,4H2;4H,1-3H2;/q-1;;+1. The van der Waals surface area contributed by atoms with E-state index in [4.69, 9.17) is 4.74 Å². The van der Waals surface area contributed by atoms with Crippen molar-refractivity contribution in [2.45, 2.75) is 12.6 Å². The van der Waals surface area contributed by atoms with Crippen LogP contribution in [0.2, 0.25) is 0 Å². The Morgan fingerprint density at radius 2 is 2.50 bits per heavy atom. The number of fused-ring (bicyclic) bond motifs is 1. The van der Waals surface area contributed by atoms with Crippen molar-refractivity contribution < 1.29 is 23.6 Å². The maximum Gasteiger partial charge on any atom is 1.00 e. The van der Waals surface area contributed by atoms with E-state index in [2.05, 4.69) is 23.6 Å². The number of rotatable bonds is 1. The van der Waals surface area contributed by atoms with E-state index in [1.807, 2.05) is 12.2 Å². The van der Waals surface area contributed by atoms with Gasteiger partial charge in [0.2, 0.25) is 0 Å². The van der Waals surface area contributed by atoms with E-state index >= 15 is 0 Å². The van der Waals surface area contributed by atoms with E-state index in [9.17, 15) is 0 Å². The molecular weight excluding hydrogens is 169 g/mol. The van der Waals surface area contributed by atoms with Gasteiger partial charge in [-0.1, -0.05) is 6.42 Å². The maximum absolute atomic E-state index is 5.15. The molecule has 2 fully saturated rings. The third-order valence-electron chi connectivity index (χ3n) is 2.29. The van der Waals surface area contributed by atoms with Crippen LogP contribution >= 0.6 is 0 Å². The molecule has 0 bridgehead atoms. The molecule has 3 aliphatic rings. The Hall–Kier alpha value is -0.263. The molecule has 2 aliphatic heterocycles. The molecule has 0 radical (unpaired) electrons. The van der Waals surface area contributed by atoms with Crippen molar-refractivity contribution in [2.75, 3.05) is 19.7 Å². The smallest absolute Gasteiger partial charge is 0.360 e. The molecule has 3 rings (SSSR count). The van der Waals surface area contributed by atoms with Gasteiger partial charge in [-0.15, -0.1) is 6.08 Å². The zero-order valence-corrected chi connectivity index (χ0v) is 8.70. The van der Waals surface area contributed by atoms with Crippen LogP contribution in [0.4, 0.5) is 0 Å². The summed E-state index contributed by atoms with van der Waals surface area (Å²) in [6, 6.07) is 0. The Balaban J connectivity index is 0.000000131. The first kappa shape index (κ1) is 11.8. The summed E-state index contributed by atoms with van der Waals surface area (Å²) < 4.78 is 5.15. The maximum atomic E-state index is 5.15. The van der Waals surface area contributed by atoms with Gasteiger partial charge in [0.05, 0.1) is 6.61 Å². The predicted molar refractivity (Wildman–Crippen MR) is 52.0 cm³/mol. The van der Waals surface area contributed by atoms with Crippen molar-refractivity contribution in [2.24, 2.45) is 0 Å². The Bertz CT molecular complexity index is 252. The number of morpholine rings is 1. The van der Waals surface area contributed by atoms with Crippen molar-refractivity contribution in [3.05, 3.63) is 36.5 Å². The van der Waals surface area contributed by atoms with Crippen LogP contribution < -0.4 is 18.9 Å². The third-order valence-corrected chi connectivity index (χ3v) is 2.29. The van der Waals surface area contributed by atoms with Gasteiger partial charge in [0, 0.05) is 13.1 Å². The van der Waals surface area contributed by atoms with E-state index < -0.39 is 0 Å². The van der Waals surface area contributed by atoms with Crippen LogP contribution in [0, 0.1) is 6.08 Å². The average molecular weight is 183 g/mol. The van der Waals surface area contributed by atoms with Crippen LogP contribution in [-0.2, 0) is 4.74 Å². The summed E-state index contributed by atoms with van der Waals surface area (Å²) in [6.07, 6.45) is 10.5. The third kappa shape index (κ3) is 3.15. The molecule has 0 amide bonds. The summed E-state index contributed by atoms with van der Waals surface area (Å²) in [6.45, 7) is 6.92. The molecule has 2 atom stereocenters. The van der Waals surface area contributed by atoms with Gasteiger partial charge in [-0.3, -0.25) is 4.90 Å². The zero-order valence-electron chi connectivity index (χ0n) is 8.70. The Labute approximate surface area is 97.5 Å². The minimum Gasteiger partial charge on any atom is -0.360 e. The molecule has 14 heavy (non-hydrogen) atoms. The molecule has 3 heteroatoms. The topological polar surface area (TPSA) is 12.2 Å². The van der Waals surface area contributed by atoms with Gasteiger partial charge >= 0.3 is 18.9 Å². The summed E-state index contributed by atoms with van der Waals surface area (Å²) in [5.41, 5.74) is 1.13. The van der Waals surface area contributed by atoms with Gasteiger partial charge in [-0.2, -0.15) is 30.4 Å². The van der Waals surface area contributed by atoms with Crippen molar-refractivity contribution in [3.8, 4) is 0 Å². The fourth-order valence-electron chi connectivity index (χ4n) is 1.41. The molecule has 0 aromatic heterocycles. The van der Waals surface area contributed by atoms with E-state index in [1.54, 1.807) is 0 Å². The van der Waals surface area contributed by atoms with Gasteiger partial charge in [0.25, 0.3) is 0 Å². The number of hydrogen-bond acceptors (Lipinski definition) is 2. The molecule has 2 nitrogen and oxygen atoms in total. The molecule has 1 aliphatic carbocycles. The summed E-state index contributed by atoms with van der Waals surface area (Å²) in [5.74, 6) is 0. The average Bonchev–Trinajstić information content (AvgIpc) is 2.65. The molecule has 0 aromatic carbocycles. The van der Waals surface area contributed by atoms with E-state index in [1.165, 1.54) is 13.1 Å². The second-order valence-electron chi connectivity index (χ2n) is 3.26. The van der Waals surface area contributed by atoms with Gasteiger partial charge in [0.1, 0.15) is 6.23 Å². The Morgan fingerprint density at radius 3 is 2.71 bits per heavy atom. The van der Waals surface area contributed by atoms with Gasteiger partial charge in [0.15, 0.2) is 0 Å². The molecule has 0 spiro atoms. The van der Waals surface area contributed by atoms with Crippen molar-refractivity contribution in [3.63, 3.8) is 0 Å². The first-order valence-corrected chi connectivity index (χ1v) is 4.65. The molecule has 0 aromatic rings. The molecule has 2 heterocycles. The molecule has 70 valence electrons. The molecule has 0 saturated carbocycles. The number of allylic oxidation sites excluding steroid dienone is 5. The molecule has 2 saturated heterocycles. The number of hydrogen-bond donors (Lipinski definition) is 0. The largest absolute Gasteiger partial charge is 1.00 e. The minimum atomic E-state index is 0. The Kier molecular flexibility index (Phi) is 4.71. The number of nitrogens with zero attached hydrogens (tertiary/aromatic N) is 1. The van der Waals surface area contributed by atoms with Crippen LogP contribution in [0.3, 0.4) is 0 Å². The summed E-state index contributed by atoms with van der Waals surface area (Å²) in [5, 5.41) is 0. The van der Waals surface area contributed by atoms with Crippen LogP contribution in [0.1, 0.15) is 6.42 Å². The van der Waals surface area contributed by atoms with Gasteiger partial charge in [-0.25, -0.2) is 0 Å². The Morgan fingerprint density at radius 1 is 1.64 bits per heavy atom. The summed E-state index contributed by atoms with van der Waals surface area (Å²) in [7, 11) is 0. The van der Waals surface area contributed by atoms with Crippen molar-refractivity contribution in [1.29, 1.82) is 0 Å². The fraction of sp³-hybridized carbons (Fsp3) is 0.455. The summed E-state index contributed by atoms with van der Waals surface area (Å²) >= 11 is 0. The summed E-state index contributed by atoms with van der Waals surface area (Å²) in [4.78, 5) is 2.31. The first-order valence-electron chi connectivity index (χ1n) is 4.65. The van der Waals surface area contributed by atoms with E-state index in [0.29, 0.717) is 6.23 Å². The SMILES string of the molecule is C1CN2CC2O1.C=CC1=[C-]CC=C1.[Li+]. The normalized spacial score (nSPS) is 30.7. The zero-order chi connectivity index (χ0) is 9.10. The fourth-order valence-corrected chi connectivity index (χ4v) is 1.41. The number of ether oxygens (including phenoxy) is 1. The van der Waals surface area contributed by atoms with E-state index in [-0.39, 0.29) is 18.9 Å². The van der Waals surface area contributed by atoms with Crippen LogP contribution in [0.25, 0.3) is 0 Å². The first-order chi connectivity index (χ1) is 6.40. The van der Waals surface area contributed by atoms with Crippen molar-refractivity contribution >= 4 is 0 Å². The monoisotopic (exact) mass is 183 g/mol. The van der Waals surface area contributed by atoms with Crippen LogP contribution in [0.5, 0.6) is 0 Å². The van der Waals surface area contributed by atoms with Crippen LogP contribution in [0.15, 0.2) is 30.4 Å². The predicted octanol–water partition coefficient (Wildman–Crippen LogP) is -1.48. The molecule has 2 unspecified atom stereocenters. The van der Waals surface area contributed by atoms with Crippen LogP contribution in [-0.4, -0.2) is 30.8 Å².